The number of piperazine rings is 1. The predicted molar refractivity (Wildman–Crippen MR) is 105 cm³/mol. The average molecular weight is 412 g/mol. The van der Waals surface area contributed by atoms with Gasteiger partial charge in [-0.3, -0.25) is 10.00 Å². The molecule has 2 aromatic heterocycles. The number of anilines is 1. The summed E-state index contributed by atoms with van der Waals surface area (Å²) in [4.78, 5) is 7.88. The second kappa shape index (κ2) is 8.16. The van der Waals surface area contributed by atoms with E-state index >= 15 is 0 Å². The van der Waals surface area contributed by atoms with Gasteiger partial charge in [0.1, 0.15) is 5.69 Å². The highest BCUT2D eigenvalue weighted by Crippen LogP contribution is 2.29. The van der Waals surface area contributed by atoms with E-state index in [1.54, 1.807) is 12.1 Å². The lowest BCUT2D eigenvalue weighted by atomic mass is 10.1. The molecule has 1 N–H and O–H groups in total. The van der Waals surface area contributed by atoms with Crippen molar-refractivity contribution in [2.45, 2.75) is 12.7 Å². The van der Waals surface area contributed by atoms with Crippen LogP contribution >= 0.6 is 0 Å². The van der Waals surface area contributed by atoms with E-state index < -0.39 is 11.9 Å². The summed E-state index contributed by atoms with van der Waals surface area (Å²) in [6.45, 7) is 3.68. The first kappa shape index (κ1) is 19.9. The van der Waals surface area contributed by atoms with Crippen LogP contribution in [0, 0.1) is 11.3 Å². The molecule has 6 nitrogen and oxygen atoms in total. The second-order valence-electron chi connectivity index (χ2n) is 7.11. The third-order valence-corrected chi connectivity index (χ3v) is 5.18. The third kappa shape index (κ3) is 4.28. The van der Waals surface area contributed by atoms with Crippen LogP contribution in [0.1, 0.15) is 16.8 Å². The molecule has 0 spiro atoms. The summed E-state index contributed by atoms with van der Waals surface area (Å²) in [5, 5.41) is 16.2. The third-order valence-electron chi connectivity index (χ3n) is 5.18. The molecular weight excluding hydrogens is 393 g/mol. The monoisotopic (exact) mass is 412 g/mol. The van der Waals surface area contributed by atoms with Gasteiger partial charge in [-0.2, -0.15) is 23.5 Å². The first-order chi connectivity index (χ1) is 14.4. The Bertz CT molecular complexity index is 1030. The van der Waals surface area contributed by atoms with Gasteiger partial charge in [-0.1, -0.05) is 12.1 Å². The second-order valence-corrected chi connectivity index (χ2v) is 7.11. The van der Waals surface area contributed by atoms with Crippen LogP contribution in [0.2, 0.25) is 0 Å². The van der Waals surface area contributed by atoms with Gasteiger partial charge in [0, 0.05) is 50.0 Å². The Morgan fingerprint density at radius 2 is 1.77 bits per heavy atom. The van der Waals surface area contributed by atoms with E-state index in [9.17, 15) is 13.2 Å². The summed E-state index contributed by atoms with van der Waals surface area (Å²) in [7, 11) is 0. The van der Waals surface area contributed by atoms with Gasteiger partial charge in [-0.15, -0.1) is 0 Å². The van der Waals surface area contributed by atoms with Gasteiger partial charge in [-0.05, 0) is 24.3 Å². The zero-order valence-electron chi connectivity index (χ0n) is 16.0. The zero-order chi connectivity index (χ0) is 21.1. The normalized spacial score (nSPS) is 15.2. The first-order valence-corrected chi connectivity index (χ1v) is 9.48. The minimum Gasteiger partial charge on any atom is -0.368 e. The molecule has 154 valence electrons. The van der Waals surface area contributed by atoms with E-state index in [0.29, 0.717) is 30.9 Å². The molecule has 30 heavy (non-hydrogen) atoms. The SMILES string of the molecule is N#Cc1ccc(-c2n[nH]cc2CN2CCN(c3ccc(C(F)(F)F)nc3)CC2)cc1. The Hall–Kier alpha value is -3.38. The summed E-state index contributed by atoms with van der Waals surface area (Å²) in [6.07, 6.45) is -1.26. The van der Waals surface area contributed by atoms with Crippen LogP contribution in [-0.4, -0.2) is 46.3 Å². The molecule has 3 heterocycles. The number of halogens is 3. The van der Waals surface area contributed by atoms with Crippen LogP contribution in [0.5, 0.6) is 0 Å². The topological polar surface area (TPSA) is 71.8 Å². The number of H-pyrrole nitrogens is 1. The Morgan fingerprint density at radius 1 is 1.03 bits per heavy atom. The summed E-state index contributed by atoms with van der Waals surface area (Å²) in [5.41, 5.74) is 3.28. The predicted octanol–water partition coefficient (Wildman–Crippen LogP) is 3.68. The van der Waals surface area contributed by atoms with Crippen LogP contribution < -0.4 is 4.90 Å². The minimum absolute atomic E-state index is 0.602. The maximum atomic E-state index is 12.7. The van der Waals surface area contributed by atoms with Crippen molar-refractivity contribution in [3.63, 3.8) is 0 Å². The summed E-state index contributed by atoms with van der Waals surface area (Å²) < 4.78 is 38.0. The van der Waals surface area contributed by atoms with Crippen molar-refractivity contribution in [2.24, 2.45) is 0 Å². The molecule has 1 aliphatic rings. The van der Waals surface area contributed by atoms with E-state index in [2.05, 4.69) is 26.2 Å². The van der Waals surface area contributed by atoms with Crippen LogP contribution in [0.25, 0.3) is 11.3 Å². The highest BCUT2D eigenvalue weighted by molar-refractivity contribution is 5.63. The fourth-order valence-corrected chi connectivity index (χ4v) is 3.53. The molecule has 3 aromatic rings. The average Bonchev–Trinajstić information content (AvgIpc) is 3.22. The smallest absolute Gasteiger partial charge is 0.368 e. The summed E-state index contributed by atoms with van der Waals surface area (Å²) in [5.74, 6) is 0. The molecule has 0 bridgehead atoms. The van der Waals surface area contributed by atoms with Crippen molar-refractivity contribution in [3.05, 3.63) is 65.6 Å². The maximum Gasteiger partial charge on any atom is 0.433 e. The van der Waals surface area contributed by atoms with Crippen molar-refractivity contribution in [2.75, 3.05) is 31.1 Å². The molecule has 0 atom stereocenters. The molecule has 0 unspecified atom stereocenters. The lowest BCUT2D eigenvalue weighted by molar-refractivity contribution is -0.141. The van der Waals surface area contributed by atoms with Gasteiger partial charge in [0.05, 0.1) is 29.2 Å². The van der Waals surface area contributed by atoms with E-state index in [-0.39, 0.29) is 0 Å². The van der Waals surface area contributed by atoms with E-state index in [0.717, 1.165) is 36.0 Å². The number of aromatic nitrogens is 3. The van der Waals surface area contributed by atoms with Crippen LogP contribution in [0.15, 0.2) is 48.8 Å². The summed E-state index contributed by atoms with van der Waals surface area (Å²) >= 11 is 0. The number of rotatable bonds is 4. The van der Waals surface area contributed by atoms with Crippen molar-refractivity contribution in [1.29, 1.82) is 5.26 Å². The van der Waals surface area contributed by atoms with Crippen molar-refractivity contribution in [3.8, 4) is 17.3 Å². The molecule has 1 aromatic carbocycles. The molecule has 9 heteroatoms. The number of pyridine rings is 1. The van der Waals surface area contributed by atoms with Crippen LogP contribution in [0.4, 0.5) is 18.9 Å². The minimum atomic E-state index is -4.42. The Balaban J connectivity index is 1.38. The fraction of sp³-hybridized carbons (Fsp3) is 0.286. The molecule has 4 rings (SSSR count). The standard InChI is InChI=1S/C21H19F3N6/c22-21(23,24)19-6-5-18(13-26-19)30-9-7-29(8-10-30)14-17-12-27-28-20(17)16-3-1-15(11-25)2-4-16/h1-6,12-13H,7-10,14H2,(H,27,28). The van der Waals surface area contributed by atoms with Gasteiger partial charge < -0.3 is 4.90 Å². The van der Waals surface area contributed by atoms with Crippen LogP contribution in [-0.2, 0) is 12.7 Å². The number of hydrogen-bond acceptors (Lipinski definition) is 5. The largest absolute Gasteiger partial charge is 0.433 e. The molecule has 1 aliphatic heterocycles. The van der Waals surface area contributed by atoms with Gasteiger partial charge in [-0.25, -0.2) is 4.98 Å². The van der Waals surface area contributed by atoms with Crippen molar-refractivity contribution >= 4 is 5.69 Å². The van der Waals surface area contributed by atoms with E-state index in [1.165, 1.54) is 12.3 Å². The van der Waals surface area contributed by atoms with E-state index in [4.69, 9.17) is 5.26 Å². The van der Waals surface area contributed by atoms with Gasteiger partial charge in [0.15, 0.2) is 0 Å². The summed E-state index contributed by atoms with van der Waals surface area (Å²) in [6, 6.07) is 11.9. The molecule has 1 fully saturated rings. The quantitative estimate of drug-likeness (QED) is 0.708. The number of alkyl halides is 3. The number of benzene rings is 1. The van der Waals surface area contributed by atoms with Gasteiger partial charge in [0.2, 0.25) is 0 Å². The van der Waals surface area contributed by atoms with Gasteiger partial charge >= 0.3 is 6.18 Å². The lowest BCUT2D eigenvalue weighted by Gasteiger charge is -2.36. The Kier molecular flexibility index (Phi) is 5.42. The number of aromatic amines is 1. The fourth-order valence-electron chi connectivity index (χ4n) is 3.53. The van der Waals surface area contributed by atoms with Crippen molar-refractivity contribution in [1.82, 2.24) is 20.1 Å². The number of nitriles is 1. The number of hydrogen-bond donors (Lipinski definition) is 1. The molecular formula is C21H19F3N6. The molecule has 0 aliphatic carbocycles. The zero-order valence-corrected chi connectivity index (χ0v) is 16.0. The van der Waals surface area contributed by atoms with Crippen molar-refractivity contribution < 1.29 is 13.2 Å². The number of nitrogens with zero attached hydrogens (tertiary/aromatic N) is 5. The highest BCUT2D eigenvalue weighted by Gasteiger charge is 2.32. The maximum absolute atomic E-state index is 12.7. The Labute approximate surface area is 171 Å². The van der Waals surface area contributed by atoms with Gasteiger partial charge in [0.25, 0.3) is 0 Å². The number of nitrogens with one attached hydrogen (secondary N) is 1. The van der Waals surface area contributed by atoms with E-state index in [1.807, 2.05) is 23.2 Å². The first-order valence-electron chi connectivity index (χ1n) is 9.48. The van der Waals surface area contributed by atoms with Crippen LogP contribution in [0.3, 0.4) is 0 Å². The lowest BCUT2D eigenvalue weighted by Crippen LogP contribution is -2.46. The Morgan fingerprint density at radius 3 is 2.37 bits per heavy atom. The molecule has 0 radical (unpaired) electrons. The molecule has 0 saturated carbocycles. The molecule has 0 amide bonds. The highest BCUT2D eigenvalue weighted by atomic mass is 19.4. The molecule has 1 saturated heterocycles.